The number of nitrogens with zero attached hydrogens (tertiary/aromatic N) is 6. The molecule has 0 saturated heterocycles. The van der Waals surface area contributed by atoms with Gasteiger partial charge in [0.05, 0.1) is 29.2 Å². The van der Waals surface area contributed by atoms with Gasteiger partial charge < -0.3 is 10.6 Å². The third-order valence-corrected chi connectivity index (χ3v) is 5.38. The largest absolute Gasteiger partial charge is 0.348 e. The molecule has 0 spiro atoms. The maximum atomic E-state index is 15.0. The number of hydrogen-bond donors (Lipinski definition) is 3. The first-order chi connectivity index (χ1) is 16.4. The number of unbranched alkanes of at least 4 members (excludes halogenated alkanes) is 1. The maximum absolute atomic E-state index is 15.0. The zero-order valence-electron chi connectivity index (χ0n) is 19.3. The molecule has 3 heterocycles. The third-order valence-electron chi connectivity index (χ3n) is 5.38. The topological polar surface area (TPSA) is 126 Å². The van der Waals surface area contributed by atoms with E-state index in [1.54, 1.807) is 30.2 Å². The fraction of sp³-hybridized carbons (Fsp3) is 0.304. The number of amides is 1. The predicted octanol–water partition coefficient (Wildman–Crippen LogP) is 3.46. The quantitative estimate of drug-likeness (QED) is 0.347. The van der Waals surface area contributed by atoms with Crippen LogP contribution in [0.2, 0.25) is 0 Å². The number of anilines is 2. The molecule has 10 nitrogen and oxygen atoms in total. The average Bonchev–Trinajstić information content (AvgIpc) is 3.46. The molecule has 0 unspecified atom stereocenters. The van der Waals surface area contributed by atoms with Gasteiger partial charge in [-0.05, 0) is 43.0 Å². The van der Waals surface area contributed by atoms with E-state index in [1.165, 1.54) is 18.6 Å². The van der Waals surface area contributed by atoms with Crippen LogP contribution in [0.25, 0.3) is 11.4 Å². The van der Waals surface area contributed by atoms with Gasteiger partial charge in [-0.2, -0.15) is 15.2 Å². The molecule has 0 bridgehead atoms. The summed E-state index contributed by atoms with van der Waals surface area (Å²) in [6.07, 6.45) is 8.99. The van der Waals surface area contributed by atoms with Crippen LogP contribution >= 0.6 is 0 Å². The van der Waals surface area contributed by atoms with Crippen LogP contribution < -0.4 is 10.6 Å². The molecule has 0 aliphatic rings. The Labute approximate surface area is 196 Å². The number of hydrogen-bond acceptors (Lipinski definition) is 7. The summed E-state index contributed by atoms with van der Waals surface area (Å²) in [6.45, 7) is 4.13. The number of nitrogens with one attached hydrogen (secondary N) is 3. The molecule has 4 rings (SSSR count). The molecule has 34 heavy (non-hydrogen) atoms. The second-order valence-corrected chi connectivity index (χ2v) is 7.97. The molecule has 11 heteroatoms. The Morgan fingerprint density at radius 1 is 1.24 bits per heavy atom. The van der Waals surface area contributed by atoms with E-state index in [0.29, 0.717) is 16.8 Å². The van der Waals surface area contributed by atoms with Gasteiger partial charge in [0.25, 0.3) is 5.91 Å². The first-order valence-electron chi connectivity index (χ1n) is 11.0. The fourth-order valence-electron chi connectivity index (χ4n) is 3.51. The lowest BCUT2D eigenvalue weighted by molar-refractivity contribution is 0.0950. The molecular weight excluding hydrogens is 437 g/mol. The molecule has 0 aliphatic carbocycles. The highest BCUT2D eigenvalue weighted by atomic mass is 19.1. The first-order valence-corrected chi connectivity index (χ1v) is 11.0. The third kappa shape index (κ3) is 5.25. The van der Waals surface area contributed by atoms with Gasteiger partial charge >= 0.3 is 0 Å². The van der Waals surface area contributed by atoms with Crippen molar-refractivity contribution in [2.24, 2.45) is 7.05 Å². The van der Waals surface area contributed by atoms with Crippen molar-refractivity contribution in [3.05, 3.63) is 65.3 Å². The summed E-state index contributed by atoms with van der Waals surface area (Å²) in [4.78, 5) is 25.2. The van der Waals surface area contributed by atoms with Crippen LogP contribution in [0.5, 0.6) is 0 Å². The summed E-state index contributed by atoms with van der Waals surface area (Å²) >= 11 is 0. The number of aryl methyl sites for hydroxylation is 3. The fourth-order valence-corrected chi connectivity index (χ4v) is 3.51. The van der Waals surface area contributed by atoms with Crippen molar-refractivity contribution in [3.63, 3.8) is 0 Å². The first kappa shape index (κ1) is 23.0. The SMILES string of the molecule is CCCCc1[nH]ncc1C(=O)NCc1cc(F)c(-c2ncnc(Nc3cnn(C)c3)n2)cc1C. The smallest absolute Gasteiger partial charge is 0.255 e. The van der Waals surface area contributed by atoms with E-state index in [2.05, 4.69) is 47.8 Å². The average molecular weight is 464 g/mol. The highest BCUT2D eigenvalue weighted by molar-refractivity contribution is 5.95. The minimum Gasteiger partial charge on any atom is -0.348 e. The molecule has 3 N–H and O–H groups in total. The second-order valence-electron chi connectivity index (χ2n) is 7.97. The number of aromatic nitrogens is 7. The van der Waals surface area contributed by atoms with Gasteiger partial charge in [-0.25, -0.2) is 14.4 Å². The number of H-pyrrole nitrogens is 1. The van der Waals surface area contributed by atoms with Crippen LogP contribution in [0.4, 0.5) is 16.0 Å². The standard InChI is InChI=1S/C23H26FN9O/c1-4-5-6-20-18(11-28-32-20)22(34)25-9-15-8-19(24)17(7-14(15)2)21-26-13-27-23(31-21)30-16-10-29-33(3)12-16/h7-8,10-13H,4-6,9H2,1-3H3,(H,25,34)(H,28,32)(H,26,27,30,31). The number of aromatic amines is 1. The molecule has 1 aromatic carbocycles. The Kier molecular flexibility index (Phi) is 6.90. The summed E-state index contributed by atoms with van der Waals surface area (Å²) in [6, 6.07) is 3.07. The molecular formula is C23H26FN9O. The summed E-state index contributed by atoms with van der Waals surface area (Å²) in [7, 11) is 1.80. The molecule has 176 valence electrons. The van der Waals surface area contributed by atoms with Gasteiger partial charge in [-0.3, -0.25) is 14.6 Å². The second kappa shape index (κ2) is 10.2. The molecule has 4 aromatic rings. The van der Waals surface area contributed by atoms with Gasteiger partial charge in [0.1, 0.15) is 12.1 Å². The Morgan fingerprint density at radius 2 is 2.09 bits per heavy atom. The minimum atomic E-state index is -0.486. The molecule has 0 atom stereocenters. The minimum absolute atomic E-state index is 0.186. The van der Waals surface area contributed by atoms with Crippen LogP contribution in [0.1, 0.15) is 46.9 Å². The predicted molar refractivity (Wildman–Crippen MR) is 125 cm³/mol. The Balaban J connectivity index is 1.48. The van der Waals surface area contributed by atoms with E-state index >= 15 is 4.39 Å². The molecule has 0 aliphatic heterocycles. The van der Waals surface area contributed by atoms with Gasteiger partial charge in [0.15, 0.2) is 5.82 Å². The summed E-state index contributed by atoms with van der Waals surface area (Å²) in [5.74, 6) is -0.241. The van der Waals surface area contributed by atoms with Crippen molar-refractivity contribution >= 4 is 17.5 Å². The van der Waals surface area contributed by atoms with Gasteiger partial charge in [0.2, 0.25) is 5.95 Å². The number of carbonyl (C=O) groups excluding carboxylic acids is 1. The van der Waals surface area contributed by atoms with E-state index in [4.69, 9.17) is 0 Å². The Hall–Kier alpha value is -4.15. The van der Waals surface area contributed by atoms with Crippen LogP contribution in [-0.4, -0.2) is 40.8 Å². The van der Waals surface area contributed by atoms with E-state index in [-0.39, 0.29) is 29.8 Å². The van der Waals surface area contributed by atoms with Crippen molar-refractivity contribution in [2.75, 3.05) is 5.32 Å². The van der Waals surface area contributed by atoms with Crippen molar-refractivity contribution in [1.29, 1.82) is 0 Å². The molecule has 1 amide bonds. The number of carbonyl (C=O) groups is 1. The monoisotopic (exact) mass is 463 g/mol. The number of benzene rings is 1. The zero-order chi connectivity index (χ0) is 24.1. The van der Waals surface area contributed by atoms with Crippen molar-refractivity contribution in [1.82, 2.24) is 40.2 Å². The molecule has 0 saturated carbocycles. The normalized spacial score (nSPS) is 10.9. The van der Waals surface area contributed by atoms with Crippen LogP contribution in [0.3, 0.4) is 0 Å². The highest BCUT2D eigenvalue weighted by Gasteiger charge is 2.16. The Morgan fingerprint density at radius 3 is 2.85 bits per heavy atom. The lowest BCUT2D eigenvalue weighted by Gasteiger charge is -2.11. The van der Waals surface area contributed by atoms with Crippen LogP contribution in [0.15, 0.2) is 37.1 Å². The van der Waals surface area contributed by atoms with E-state index in [0.717, 1.165) is 30.5 Å². The van der Waals surface area contributed by atoms with Crippen molar-refractivity contribution in [3.8, 4) is 11.4 Å². The number of rotatable bonds is 9. The summed E-state index contributed by atoms with van der Waals surface area (Å²) < 4.78 is 16.7. The Bertz CT molecular complexity index is 1300. The zero-order valence-corrected chi connectivity index (χ0v) is 19.3. The molecule has 0 radical (unpaired) electrons. The lowest BCUT2D eigenvalue weighted by Crippen LogP contribution is -2.24. The van der Waals surface area contributed by atoms with Crippen LogP contribution in [-0.2, 0) is 20.0 Å². The molecule has 3 aromatic heterocycles. The van der Waals surface area contributed by atoms with Gasteiger partial charge in [0, 0.05) is 25.5 Å². The number of halogens is 1. The highest BCUT2D eigenvalue weighted by Crippen LogP contribution is 2.24. The van der Waals surface area contributed by atoms with E-state index in [9.17, 15) is 4.79 Å². The lowest BCUT2D eigenvalue weighted by atomic mass is 10.0. The molecule has 0 fully saturated rings. The van der Waals surface area contributed by atoms with Crippen LogP contribution in [0, 0.1) is 12.7 Å². The van der Waals surface area contributed by atoms with Gasteiger partial charge in [-0.15, -0.1) is 0 Å². The summed E-state index contributed by atoms with van der Waals surface area (Å²) in [5, 5.41) is 16.8. The van der Waals surface area contributed by atoms with E-state index in [1.807, 2.05) is 6.92 Å². The van der Waals surface area contributed by atoms with Crippen molar-refractivity contribution < 1.29 is 9.18 Å². The van der Waals surface area contributed by atoms with E-state index < -0.39 is 5.82 Å². The maximum Gasteiger partial charge on any atom is 0.255 e. The van der Waals surface area contributed by atoms with Crippen molar-refractivity contribution in [2.45, 2.75) is 39.7 Å². The van der Waals surface area contributed by atoms with Gasteiger partial charge in [-0.1, -0.05) is 13.3 Å². The summed E-state index contributed by atoms with van der Waals surface area (Å²) in [5.41, 5.74) is 3.75.